The first-order valence-electron chi connectivity index (χ1n) is 6.92. The van der Waals surface area contributed by atoms with Crippen molar-refractivity contribution in [3.05, 3.63) is 68.2 Å². The summed E-state index contributed by atoms with van der Waals surface area (Å²) in [5, 5.41) is 0.737. The SMILES string of the molecule is Cc1ccc(Cl)cc1C(N)c1c(C)c(C)cc(C)c1C. The normalized spacial score (nSPS) is 12.6. The van der Waals surface area contributed by atoms with E-state index in [0.29, 0.717) is 0 Å². The second-order valence-corrected chi connectivity index (χ2v) is 6.09. The smallest absolute Gasteiger partial charge is 0.0560 e. The van der Waals surface area contributed by atoms with Gasteiger partial charge in [-0.15, -0.1) is 0 Å². The van der Waals surface area contributed by atoms with Crippen molar-refractivity contribution in [2.45, 2.75) is 40.7 Å². The molecule has 0 radical (unpaired) electrons. The van der Waals surface area contributed by atoms with Gasteiger partial charge in [0, 0.05) is 5.02 Å². The van der Waals surface area contributed by atoms with Crippen molar-refractivity contribution in [3.63, 3.8) is 0 Å². The van der Waals surface area contributed by atoms with Crippen molar-refractivity contribution < 1.29 is 0 Å². The van der Waals surface area contributed by atoms with Crippen LogP contribution in [0.4, 0.5) is 0 Å². The molecule has 2 N–H and O–H groups in total. The molecule has 2 aromatic carbocycles. The molecule has 0 aliphatic heterocycles. The number of benzene rings is 2. The van der Waals surface area contributed by atoms with Crippen LogP contribution in [0.25, 0.3) is 0 Å². The largest absolute Gasteiger partial charge is 0.320 e. The van der Waals surface area contributed by atoms with Crippen LogP contribution in [0, 0.1) is 34.6 Å². The molecule has 2 aromatic rings. The molecule has 0 spiro atoms. The maximum Gasteiger partial charge on any atom is 0.0560 e. The zero-order chi connectivity index (χ0) is 15.0. The molecule has 106 valence electrons. The van der Waals surface area contributed by atoms with Crippen LogP contribution in [0.15, 0.2) is 24.3 Å². The molecule has 1 atom stereocenters. The van der Waals surface area contributed by atoms with Crippen molar-refractivity contribution in [1.82, 2.24) is 0 Å². The first-order chi connectivity index (χ1) is 9.32. The topological polar surface area (TPSA) is 26.0 Å². The Hall–Kier alpha value is -1.31. The Labute approximate surface area is 126 Å². The van der Waals surface area contributed by atoms with Crippen molar-refractivity contribution in [2.75, 3.05) is 0 Å². The Bertz CT molecular complexity index is 633. The quantitative estimate of drug-likeness (QED) is 0.833. The summed E-state index contributed by atoms with van der Waals surface area (Å²) in [6.45, 7) is 10.7. The fourth-order valence-electron chi connectivity index (χ4n) is 2.82. The molecule has 1 unspecified atom stereocenters. The van der Waals surface area contributed by atoms with Crippen molar-refractivity contribution >= 4 is 11.6 Å². The lowest BCUT2D eigenvalue weighted by Crippen LogP contribution is -2.17. The van der Waals surface area contributed by atoms with Gasteiger partial charge in [-0.3, -0.25) is 0 Å². The van der Waals surface area contributed by atoms with Crippen LogP contribution in [0.2, 0.25) is 5.02 Å². The molecule has 0 aliphatic carbocycles. The Morgan fingerprint density at radius 3 is 1.95 bits per heavy atom. The van der Waals surface area contributed by atoms with E-state index in [9.17, 15) is 0 Å². The summed E-state index contributed by atoms with van der Waals surface area (Å²) >= 11 is 6.13. The molecule has 0 bridgehead atoms. The van der Waals surface area contributed by atoms with Gasteiger partial charge in [0.15, 0.2) is 0 Å². The average Bonchev–Trinajstić information content (AvgIpc) is 2.39. The lowest BCUT2D eigenvalue weighted by atomic mass is 9.86. The van der Waals surface area contributed by atoms with E-state index >= 15 is 0 Å². The second kappa shape index (κ2) is 5.59. The van der Waals surface area contributed by atoms with Crippen LogP contribution in [-0.2, 0) is 0 Å². The van der Waals surface area contributed by atoms with Gasteiger partial charge in [0.25, 0.3) is 0 Å². The Morgan fingerprint density at radius 1 is 0.850 bits per heavy atom. The molecule has 20 heavy (non-hydrogen) atoms. The number of nitrogens with two attached hydrogens (primary N) is 1. The molecule has 2 heteroatoms. The van der Waals surface area contributed by atoms with Crippen LogP contribution >= 0.6 is 11.6 Å². The monoisotopic (exact) mass is 287 g/mol. The summed E-state index contributed by atoms with van der Waals surface area (Å²) < 4.78 is 0. The summed E-state index contributed by atoms with van der Waals surface area (Å²) in [7, 11) is 0. The van der Waals surface area contributed by atoms with Crippen LogP contribution in [0.3, 0.4) is 0 Å². The second-order valence-electron chi connectivity index (χ2n) is 5.65. The minimum Gasteiger partial charge on any atom is -0.320 e. The first-order valence-corrected chi connectivity index (χ1v) is 7.29. The molecule has 0 heterocycles. The van der Waals surface area contributed by atoms with Gasteiger partial charge in [0.05, 0.1) is 6.04 Å². The molecule has 1 nitrogen and oxygen atoms in total. The van der Waals surface area contributed by atoms with Gasteiger partial charge in [-0.25, -0.2) is 0 Å². The van der Waals surface area contributed by atoms with E-state index in [-0.39, 0.29) is 6.04 Å². The number of hydrogen-bond donors (Lipinski definition) is 1. The predicted octanol–water partition coefficient (Wildman–Crippen LogP) is 4.93. The highest BCUT2D eigenvalue weighted by Gasteiger charge is 2.18. The van der Waals surface area contributed by atoms with Crippen LogP contribution < -0.4 is 5.73 Å². The van der Waals surface area contributed by atoms with E-state index in [1.54, 1.807) is 0 Å². The highest BCUT2D eigenvalue weighted by atomic mass is 35.5. The first kappa shape index (κ1) is 15.1. The van der Waals surface area contributed by atoms with Crippen LogP contribution in [0.1, 0.15) is 45.0 Å². The summed E-state index contributed by atoms with van der Waals surface area (Å²) in [5.41, 5.74) is 15.2. The Kier molecular flexibility index (Phi) is 4.22. The van der Waals surface area contributed by atoms with Crippen molar-refractivity contribution in [1.29, 1.82) is 0 Å². The van der Waals surface area contributed by atoms with E-state index in [0.717, 1.165) is 10.6 Å². The van der Waals surface area contributed by atoms with Crippen molar-refractivity contribution in [3.8, 4) is 0 Å². The number of aryl methyl sites for hydroxylation is 3. The molecular formula is C18H22ClN. The predicted molar refractivity (Wildman–Crippen MR) is 87.6 cm³/mol. The molecule has 2 rings (SSSR count). The fourth-order valence-corrected chi connectivity index (χ4v) is 3.00. The molecular weight excluding hydrogens is 266 g/mol. The van der Waals surface area contributed by atoms with Gasteiger partial charge in [-0.2, -0.15) is 0 Å². The number of hydrogen-bond acceptors (Lipinski definition) is 1. The Morgan fingerprint density at radius 2 is 1.40 bits per heavy atom. The van der Waals surface area contributed by atoms with Gasteiger partial charge in [-0.05, 0) is 85.7 Å². The molecule has 0 amide bonds. The lowest BCUT2D eigenvalue weighted by Gasteiger charge is -2.23. The van der Waals surface area contributed by atoms with Gasteiger partial charge in [-0.1, -0.05) is 23.7 Å². The summed E-state index contributed by atoms with van der Waals surface area (Å²) in [6, 6.07) is 8.02. The number of rotatable bonds is 2. The van der Waals surface area contributed by atoms with Gasteiger partial charge >= 0.3 is 0 Å². The van der Waals surface area contributed by atoms with Gasteiger partial charge in [0.1, 0.15) is 0 Å². The van der Waals surface area contributed by atoms with E-state index in [1.165, 1.54) is 33.4 Å². The third-order valence-corrected chi connectivity index (χ3v) is 4.55. The van der Waals surface area contributed by atoms with E-state index in [4.69, 9.17) is 17.3 Å². The van der Waals surface area contributed by atoms with E-state index < -0.39 is 0 Å². The van der Waals surface area contributed by atoms with Crippen LogP contribution in [-0.4, -0.2) is 0 Å². The molecule has 0 aromatic heterocycles. The summed E-state index contributed by atoms with van der Waals surface area (Å²) in [5.74, 6) is 0. The summed E-state index contributed by atoms with van der Waals surface area (Å²) in [4.78, 5) is 0. The molecule has 0 aliphatic rings. The summed E-state index contributed by atoms with van der Waals surface area (Å²) in [6.07, 6.45) is 0. The fraction of sp³-hybridized carbons (Fsp3) is 0.333. The number of halogens is 1. The third-order valence-electron chi connectivity index (χ3n) is 4.31. The minimum absolute atomic E-state index is 0.132. The van der Waals surface area contributed by atoms with E-state index in [1.807, 2.05) is 18.2 Å². The van der Waals surface area contributed by atoms with Gasteiger partial charge in [0.2, 0.25) is 0 Å². The Balaban J connectivity index is 2.65. The molecule has 0 fully saturated rings. The average molecular weight is 288 g/mol. The highest BCUT2D eigenvalue weighted by Crippen LogP contribution is 2.32. The maximum atomic E-state index is 6.57. The van der Waals surface area contributed by atoms with Crippen LogP contribution in [0.5, 0.6) is 0 Å². The zero-order valence-corrected chi connectivity index (χ0v) is 13.6. The minimum atomic E-state index is -0.132. The lowest BCUT2D eigenvalue weighted by molar-refractivity contribution is 0.837. The standard InChI is InChI=1S/C18H22ClN/c1-10-6-7-15(19)9-16(10)18(20)17-13(4)11(2)8-12(3)14(17)5/h6-9,18H,20H2,1-5H3. The van der Waals surface area contributed by atoms with E-state index in [2.05, 4.69) is 40.7 Å². The molecule has 0 saturated carbocycles. The van der Waals surface area contributed by atoms with Crippen molar-refractivity contribution in [2.24, 2.45) is 5.73 Å². The third kappa shape index (κ3) is 2.61. The molecule has 0 saturated heterocycles. The zero-order valence-electron chi connectivity index (χ0n) is 12.8. The maximum absolute atomic E-state index is 6.57. The van der Waals surface area contributed by atoms with Gasteiger partial charge < -0.3 is 5.73 Å². The highest BCUT2D eigenvalue weighted by molar-refractivity contribution is 6.30.